The molecule has 1 amide bonds. The van der Waals surface area contributed by atoms with Crippen molar-refractivity contribution in [2.75, 3.05) is 21.2 Å². The number of likely N-dealkylation sites (N-methyl/N-ethyl adjacent to an activating group) is 1. The molecule has 0 aliphatic heterocycles. The summed E-state index contributed by atoms with van der Waals surface area (Å²) in [6.45, 7) is 1.50. The Morgan fingerprint density at radius 3 is 2.21 bits per heavy atom. The zero-order valence-corrected chi connectivity index (χ0v) is 12.2. The van der Waals surface area contributed by atoms with Gasteiger partial charge in [-0.15, -0.1) is 0 Å². The molecule has 0 aliphatic rings. The maximum absolute atomic E-state index is 12.0. The lowest BCUT2D eigenvalue weighted by Crippen LogP contribution is -2.44. The smallest absolute Gasteiger partial charge is 0.241 e. The van der Waals surface area contributed by atoms with Crippen molar-refractivity contribution < 1.29 is 17.9 Å². The van der Waals surface area contributed by atoms with E-state index in [0.29, 0.717) is 5.75 Å². The van der Waals surface area contributed by atoms with Gasteiger partial charge in [-0.05, 0) is 31.2 Å². The van der Waals surface area contributed by atoms with Crippen molar-refractivity contribution in [2.24, 2.45) is 0 Å². The normalized spacial score (nSPS) is 12.8. The molecule has 0 radical (unpaired) electrons. The largest absolute Gasteiger partial charge is 0.497 e. The summed E-state index contributed by atoms with van der Waals surface area (Å²) in [7, 11) is 0.923. The number of ether oxygens (including phenoxy) is 1. The third-order valence-corrected chi connectivity index (χ3v) is 4.07. The van der Waals surface area contributed by atoms with Crippen molar-refractivity contribution in [1.29, 1.82) is 0 Å². The highest BCUT2D eigenvalue weighted by Gasteiger charge is 2.22. The number of amides is 1. The van der Waals surface area contributed by atoms with Crippen LogP contribution in [-0.4, -0.2) is 46.5 Å². The van der Waals surface area contributed by atoms with Crippen LogP contribution >= 0.6 is 0 Å². The average molecular weight is 286 g/mol. The van der Waals surface area contributed by atoms with Crippen molar-refractivity contribution in [3.8, 4) is 5.75 Å². The Morgan fingerprint density at radius 1 is 1.26 bits per heavy atom. The number of rotatable bonds is 5. The lowest BCUT2D eigenvalue weighted by atomic mass is 10.3. The van der Waals surface area contributed by atoms with Crippen molar-refractivity contribution in [1.82, 2.24) is 9.62 Å². The number of carbonyl (C=O) groups is 1. The maximum atomic E-state index is 12.0. The minimum atomic E-state index is -3.72. The molecule has 7 heteroatoms. The monoisotopic (exact) mass is 286 g/mol. The van der Waals surface area contributed by atoms with E-state index in [4.69, 9.17) is 4.74 Å². The van der Waals surface area contributed by atoms with Gasteiger partial charge >= 0.3 is 0 Å². The Morgan fingerprint density at radius 2 is 1.79 bits per heavy atom. The SMILES string of the molecule is COc1ccc(S(=O)(=O)N[C@H](C)C(=O)N(C)C)cc1. The third kappa shape index (κ3) is 3.93. The lowest BCUT2D eigenvalue weighted by Gasteiger charge is -2.18. The second kappa shape index (κ2) is 6.03. The summed E-state index contributed by atoms with van der Waals surface area (Å²) in [6.07, 6.45) is 0. The summed E-state index contributed by atoms with van der Waals surface area (Å²) in [6, 6.07) is 5.13. The number of methoxy groups -OCH3 is 1. The van der Waals surface area contributed by atoms with Crippen LogP contribution < -0.4 is 9.46 Å². The summed E-state index contributed by atoms with van der Waals surface area (Å²) in [5.74, 6) is 0.258. The predicted octanol–water partition coefficient (Wildman–Crippen LogP) is 0.450. The first kappa shape index (κ1) is 15.5. The minimum absolute atomic E-state index is 0.0895. The van der Waals surface area contributed by atoms with Gasteiger partial charge in [-0.3, -0.25) is 4.79 Å². The van der Waals surface area contributed by atoms with Crippen molar-refractivity contribution in [2.45, 2.75) is 17.9 Å². The first-order valence-corrected chi connectivity index (χ1v) is 7.14. The predicted molar refractivity (Wildman–Crippen MR) is 71.5 cm³/mol. The second-order valence-corrected chi connectivity index (χ2v) is 5.97. The highest BCUT2D eigenvalue weighted by molar-refractivity contribution is 7.89. The quantitative estimate of drug-likeness (QED) is 0.852. The van der Waals surface area contributed by atoms with Gasteiger partial charge < -0.3 is 9.64 Å². The molecule has 0 unspecified atom stereocenters. The van der Waals surface area contributed by atoms with Crippen LogP contribution in [-0.2, 0) is 14.8 Å². The number of benzene rings is 1. The van der Waals surface area contributed by atoms with Gasteiger partial charge in [0.2, 0.25) is 15.9 Å². The fraction of sp³-hybridized carbons (Fsp3) is 0.417. The van der Waals surface area contributed by atoms with E-state index in [-0.39, 0.29) is 10.8 Å². The van der Waals surface area contributed by atoms with Crippen molar-refractivity contribution in [3.05, 3.63) is 24.3 Å². The molecular weight excluding hydrogens is 268 g/mol. The molecule has 1 rings (SSSR count). The molecule has 1 aromatic carbocycles. The number of hydrogen-bond acceptors (Lipinski definition) is 4. The Balaban J connectivity index is 2.89. The Hall–Kier alpha value is -1.60. The van der Waals surface area contributed by atoms with E-state index in [1.165, 1.54) is 31.1 Å². The summed E-state index contributed by atoms with van der Waals surface area (Å²) in [4.78, 5) is 13.1. The van der Waals surface area contributed by atoms with Gasteiger partial charge in [-0.2, -0.15) is 4.72 Å². The molecular formula is C12H18N2O4S. The van der Waals surface area contributed by atoms with E-state index in [0.717, 1.165) is 0 Å². The highest BCUT2D eigenvalue weighted by Crippen LogP contribution is 2.15. The van der Waals surface area contributed by atoms with E-state index in [9.17, 15) is 13.2 Å². The fourth-order valence-corrected chi connectivity index (χ4v) is 2.69. The molecule has 0 aromatic heterocycles. The molecule has 19 heavy (non-hydrogen) atoms. The first-order valence-electron chi connectivity index (χ1n) is 5.65. The van der Waals surface area contributed by atoms with Gasteiger partial charge in [-0.25, -0.2) is 8.42 Å². The van der Waals surface area contributed by atoms with E-state index in [2.05, 4.69) is 4.72 Å². The van der Waals surface area contributed by atoms with E-state index < -0.39 is 16.1 Å². The van der Waals surface area contributed by atoms with Crippen LogP contribution in [0, 0.1) is 0 Å². The van der Waals surface area contributed by atoms with Crippen molar-refractivity contribution in [3.63, 3.8) is 0 Å². The molecule has 106 valence electrons. The highest BCUT2D eigenvalue weighted by atomic mass is 32.2. The molecule has 0 spiro atoms. The van der Waals surface area contributed by atoms with E-state index in [1.54, 1.807) is 26.2 Å². The van der Waals surface area contributed by atoms with Crippen LogP contribution in [0.3, 0.4) is 0 Å². The van der Waals surface area contributed by atoms with Crippen LogP contribution in [0.1, 0.15) is 6.92 Å². The number of nitrogens with zero attached hydrogens (tertiary/aromatic N) is 1. The van der Waals surface area contributed by atoms with Gasteiger partial charge in [0.25, 0.3) is 0 Å². The van der Waals surface area contributed by atoms with E-state index in [1.807, 2.05) is 0 Å². The zero-order chi connectivity index (χ0) is 14.6. The Labute approximate surface area is 113 Å². The Bertz CT molecular complexity index is 537. The summed E-state index contributed by atoms with van der Waals surface area (Å²) >= 11 is 0. The molecule has 0 fully saturated rings. The fourth-order valence-electron chi connectivity index (χ4n) is 1.49. The zero-order valence-electron chi connectivity index (χ0n) is 11.4. The first-order chi connectivity index (χ1) is 8.77. The van der Waals surface area contributed by atoms with Crippen LogP contribution in [0.2, 0.25) is 0 Å². The Kier molecular flexibility index (Phi) is 4.90. The lowest BCUT2D eigenvalue weighted by molar-refractivity contribution is -0.130. The minimum Gasteiger partial charge on any atom is -0.497 e. The van der Waals surface area contributed by atoms with Crippen LogP contribution in [0.4, 0.5) is 0 Å². The molecule has 1 N–H and O–H groups in total. The molecule has 0 heterocycles. The molecule has 1 aromatic rings. The van der Waals surface area contributed by atoms with Gasteiger partial charge in [0.15, 0.2) is 0 Å². The van der Waals surface area contributed by atoms with Gasteiger partial charge in [0, 0.05) is 14.1 Å². The summed E-state index contributed by atoms with van der Waals surface area (Å²) in [5.41, 5.74) is 0. The molecule has 0 aliphatic carbocycles. The van der Waals surface area contributed by atoms with Crippen molar-refractivity contribution >= 4 is 15.9 Å². The summed E-state index contributed by atoms with van der Waals surface area (Å²) < 4.78 is 31.4. The van der Waals surface area contributed by atoms with Gasteiger partial charge in [0.1, 0.15) is 5.75 Å². The van der Waals surface area contributed by atoms with Gasteiger partial charge in [-0.1, -0.05) is 0 Å². The topological polar surface area (TPSA) is 75.7 Å². The number of carbonyl (C=O) groups excluding carboxylic acids is 1. The molecule has 0 saturated heterocycles. The standard InChI is InChI=1S/C12H18N2O4S/c1-9(12(15)14(2)3)13-19(16,17)11-7-5-10(18-4)6-8-11/h5-9,13H,1-4H3/t9-/m1/s1. The van der Waals surface area contributed by atoms with Crippen LogP contribution in [0.25, 0.3) is 0 Å². The number of sulfonamides is 1. The van der Waals surface area contributed by atoms with Crippen LogP contribution in [0.5, 0.6) is 5.75 Å². The van der Waals surface area contributed by atoms with Crippen LogP contribution in [0.15, 0.2) is 29.2 Å². The molecule has 0 bridgehead atoms. The summed E-state index contributed by atoms with van der Waals surface area (Å²) in [5, 5.41) is 0. The third-order valence-electron chi connectivity index (χ3n) is 2.51. The molecule has 6 nitrogen and oxygen atoms in total. The number of nitrogens with one attached hydrogen (secondary N) is 1. The maximum Gasteiger partial charge on any atom is 0.241 e. The molecule has 0 saturated carbocycles. The second-order valence-electron chi connectivity index (χ2n) is 4.25. The average Bonchev–Trinajstić information content (AvgIpc) is 2.37. The van der Waals surface area contributed by atoms with E-state index >= 15 is 0 Å². The molecule has 1 atom stereocenters. The van der Waals surface area contributed by atoms with Gasteiger partial charge in [0.05, 0.1) is 18.0 Å². The number of hydrogen-bond donors (Lipinski definition) is 1.